The number of methoxy groups -OCH3 is 1. The normalized spacial score (nSPS) is 17.3. The Bertz CT molecular complexity index is 872. The molecule has 26 heavy (non-hydrogen) atoms. The highest BCUT2D eigenvalue weighted by molar-refractivity contribution is 5.97. The second-order valence-corrected chi connectivity index (χ2v) is 8.54. The van der Waals surface area contributed by atoms with Gasteiger partial charge in [-0.3, -0.25) is 0 Å². The van der Waals surface area contributed by atoms with Crippen LogP contribution in [0.3, 0.4) is 0 Å². The quantitative estimate of drug-likeness (QED) is 0.647. The summed E-state index contributed by atoms with van der Waals surface area (Å²) in [6, 6.07) is 14.2. The number of carbonyl (C=O) groups is 1. The molecule has 0 amide bonds. The first-order valence-corrected chi connectivity index (χ1v) is 9.19. The molecule has 0 aromatic heterocycles. The summed E-state index contributed by atoms with van der Waals surface area (Å²) in [4.78, 5) is 12.1. The first-order valence-electron chi connectivity index (χ1n) is 9.19. The molecule has 0 saturated heterocycles. The van der Waals surface area contributed by atoms with Gasteiger partial charge in [0.05, 0.1) is 12.7 Å². The smallest absolute Gasteiger partial charge is 0.338 e. The molecule has 2 aromatic carbocycles. The number of hydrogen-bond donors (Lipinski definition) is 0. The summed E-state index contributed by atoms with van der Waals surface area (Å²) in [5.74, 6) is -0.332. The summed E-state index contributed by atoms with van der Waals surface area (Å²) in [6.07, 6.45) is 2.36. The fourth-order valence-electron chi connectivity index (χ4n) is 3.97. The zero-order chi connectivity index (χ0) is 19.1. The number of rotatable bonds is 3. The van der Waals surface area contributed by atoms with Crippen molar-refractivity contribution in [1.82, 2.24) is 0 Å². The van der Waals surface area contributed by atoms with E-state index in [0.717, 1.165) is 16.7 Å². The molecule has 0 spiro atoms. The highest BCUT2D eigenvalue weighted by Crippen LogP contribution is 2.46. The largest absolute Gasteiger partial charge is 0.465 e. The van der Waals surface area contributed by atoms with Crippen LogP contribution >= 0.6 is 0 Å². The summed E-state index contributed by atoms with van der Waals surface area (Å²) < 4.78 is 4.93. The predicted octanol–water partition coefficient (Wildman–Crippen LogP) is 5.88. The molecular weight excluding hydrogens is 320 g/mol. The first-order chi connectivity index (χ1) is 12.2. The van der Waals surface area contributed by atoms with Gasteiger partial charge in [0.25, 0.3) is 0 Å². The van der Waals surface area contributed by atoms with Crippen molar-refractivity contribution in [2.24, 2.45) is 0 Å². The molecule has 3 rings (SSSR count). The molecule has 0 heterocycles. The molecule has 1 aliphatic rings. The molecule has 0 fully saturated rings. The minimum Gasteiger partial charge on any atom is -0.465 e. The third kappa shape index (κ3) is 3.09. The van der Waals surface area contributed by atoms with Crippen molar-refractivity contribution >= 4 is 11.5 Å². The lowest BCUT2D eigenvalue weighted by molar-refractivity contribution is 0.0600. The third-order valence-electron chi connectivity index (χ3n) is 5.86. The Labute approximate surface area is 156 Å². The molecule has 2 heteroatoms. The van der Waals surface area contributed by atoms with E-state index in [1.54, 1.807) is 6.07 Å². The minimum absolute atomic E-state index is 0.142. The maximum atomic E-state index is 12.1. The van der Waals surface area contributed by atoms with Crippen LogP contribution in [0, 0.1) is 0 Å². The Kier molecular flexibility index (Phi) is 4.56. The van der Waals surface area contributed by atoms with Crippen LogP contribution in [0.1, 0.15) is 73.1 Å². The summed E-state index contributed by atoms with van der Waals surface area (Å²) in [5.41, 5.74) is 6.44. The maximum Gasteiger partial charge on any atom is 0.338 e. The van der Waals surface area contributed by atoms with E-state index < -0.39 is 0 Å². The highest BCUT2D eigenvalue weighted by Gasteiger charge is 2.37. The van der Waals surface area contributed by atoms with E-state index in [9.17, 15) is 4.79 Å². The number of hydrogen-bond acceptors (Lipinski definition) is 2. The van der Waals surface area contributed by atoms with Gasteiger partial charge >= 0.3 is 5.97 Å². The van der Waals surface area contributed by atoms with Crippen LogP contribution in [0.15, 0.2) is 49.0 Å². The standard InChI is InChI=1S/C24H28O2/c1-16(18-9-7-8-10-19(18)22(25)26-6)17-11-12-20-21(15-17)24(4,5)14-13-23(20,2)3/h7-12,15H,1,13-14H2,2-6H3. The van der Waals surface area contributed by atoms with Crippen molar-refractivity contribution in [2.45, 2.75) is 51.4 Å². The lowest BCUT2D eigenvalue weighted by atomic mass is 9.63. The molecular formula is C24H28O2. The van der Waals surface area contributed by atoms with Crippen LogP contribution in [0.5, 0.6) is 0 Å². The molecule has 0 saturated carbocycles. The summed E-state index contributed by atoms with van der Waals surface area (Å²) in [7, 11) is 1.41. The number of carbonyl (C=O) groups excluding carboxylic acids is 1. The second-order valence-electron chi connectivity index (χ2n) is 8.54. The van der Waals surface area contributed by atoms with Gasteiger partial charge in [0, 0.05) is 0 Å². The van der Waals surface area contributed by atoms with E-state index in [2.05, 4.69) is 52.5 Å². The Balaban J connectivity index is 2.10. The number of benzene rings is 2. The molecule has 1 aliphatic carbocycles. The molecule has 136 valence electrons. The van der Waals surface area contributed by atoms with Gasteiger partial charge in [0.15, 0.2) is 0 Å². The summed E-state index contributed by atoms with van der Waals surface area (Å²) >= 11 is 0. The number of esters is 1. The van der Waals surface area contributed by atoms with E-state index in [-0.39, 0.29) is 16.8 Å². The maximum absolute atomic E-state index is 12.1. The van der Waals surface area contributed by atoms with Gasteiger partial charge in [0.2, 0.25) is 0 Å². The van der Waals surface area contributed by atoms with Gasteiger partial charge in [-0.25, -0.2) is 4.79 Å². The Hall–Kier alpha value is -2.35. The van der Waals surface area contributed by atoms with Crippen LogP contribution in [-0.4, -0.2) is 13.1 Å². The predicted molar refractivity (Wildman–Crippen MR) is 108 cm³/mol. The zero-order valence-corrected chi connectivity index (χ0v) is 16.5. The monoisotopic (exact) mass is 348 g/mol. The van der Waals surface area contributed by atoms with Crippen LogP contribution in [0.2, 0.25) is 0 Å². The zero-order valence-electron chi connectivity index (χ0n) is 16.5. The van der Waals surface area contributed by atoms with Crippen molar-refractivity contribution in [3.8, 4) is 0 Å². The minimum atomic E-state index is -0.332. The van der Waals surface area contributed by atoms with Gasteiger partial charge in [-0.05, 0) is 57.6 Å². The van der Waals surface area contributed by atoms with Crippen molar-refractivity contribution in [1.29, 1.82) is 0 Å². The topological polar surface area (TPSA) is 26.3 Å². The van der Waals surface area contributed by atoms with Crippen LogP contribution in [0.25, 0.3) is 5.57 Å². The highest BCUT2D eigenvalue weighted by atomic mass is 16.5. The fraction of sp³-hybridized carbons (Fsp3) is 0.375. The number of fused-ring (bicyclic) bond motifs is 1. The molecule has 0 unspecified atom stereocenters. The number of ether oxygens (including phenoxy) is 1. The Morgan fingerprint density at radius 1 is 0.923 bits per heavy atom. The lowest BCUT2D eigenvalue weighted by Gasteiger charge is -2.42. The average molecular weight is 348 g/mol. The Morgan fingerprint density at radius 2 is 1.50 bits per heavy atom. The molecule has 0 bridgehead atoms. The Morgan fingerprint density at radius 3 is 2.12 bits per heavy atom. The first kappa shape index (κ1) is 18.4. The van der Waals surface area contributed by atoms with Crippen molar-refractivity contribution in [3.63, 3.8) is 0 Å². The molecule has 2 aromatic rings. The van der Waals surface area contributed by atoms with E-state index in [1.165, 1.54) is 31.1 Å². The van der Waals surface area contributed by atoms with E-state index in [1.807, 2.05) is 18.2 Å². The molecule has 2 nitrogen and oxygen atoms in total. The van der Waals surface area contributed by atoms with Gasteiger partial charge in [-0.2, -0.15) is 0 Å². The second kappa shape index (κ2) is 6.42. The average Bonchev–Trinajstić information content (AvgIpc) is 2.64. The van der Waals surface area contributed by atoms with Crippen molar-refractivity contribution < 1.29 is 9.53 Å². The molecule has 0 atom stereocenters. The molecule has 0 N–H and O–H groups in total. The van der Waals surface area contributed by atoms with Gasteiger partial charge in [-0.15, -0.1) is 0 Å². The van der Waals surface area contributed by atoms with Gasteiger partial charge < -0.3 is 4.74 Å². The molecule has 0 radical (unpaired) electrons. The van der Waals surface area contributed by atoms with E-state index in [4.69, 9.17) is 4.74 Å². The summed E-state index contributed by atoms with van der Waals surface area (Å²) in [5, 5.41) is 0. The van der Waals surface area contributed by atoms with E-state index >= 15 is 0 Å². The summed E-state index contributed by atoms with van der Waals surface area (Å²) in [6.45, 7) is 13.6. The van der Waals surface area contributed by atoms with Gasteiger partial charge in [-0.1, -0.05) is 70.7 Å². The van der Waals surface area contributed by atoms with Crippen LogP contribution in [-0.2, 0) is 15.6 Å². The fourth-order valence-corrected chi connectivity index (χ4v) is 3.97. The van der Waals surface area contributed by atoms with E-state index in [0.29, 0.717) is 5.56 Å². The van der Waals surface area contributed by atoms with Crippen molar-refractivity contribution in [3.05, 3.63) is 76.9 Å². The SMILES string of the molecule is C=C(c1ccc2c(c1)C(C)(C)CCC2(C)C)c1ccccc1C(=O)OC. The van der Waals surface area contributed by atoms with Crippen molar-refractivity contribution in [2.75, 3.05) is 7.11 Å². The molecule has 0 aliphatic heterocycles. The lowest BCUT2D eigenvalue weighted by Crippen LogP contribution is -2.33. The van der Waals surface area contributed by atoms with Crippen LogP contribution in [0.4, 0.5) is 0 Å². The van der Waals surface area contributed by atoms with Crippen LogP contribution < -0.4 is 0 Å². The van der Waals surface area contributed by atoms with Gasteiger partial charge in [0.1, 0.15) is 0 Å². The third-order valence-corrected chi connectivity index (χ3v) is 5.86.